The van der Waals surface area contributed by atoms with Gasteiger partial charge in [-0.3, -0.25) is 4.79 Å². The van der Waals surface area contributed by atoms with Gasteiger partial charge < -0.3 is 19.3 Å². The Morgan fingerprint density at radius 2 is 2.08 bits per heavy atom. The maximum atomic E-state index is 11.0. The van der Waals surface area contributed by atoms with Gasteiger partial charge >= 0.3 is 5.97 Å². The minimum Gasteiger partial charge on any atom is -0.480 e. The SMILES string of the molecule is CN(C)C=Nc1nc(OCc2ccccc2)c2ncn(CC(=O)O)c2n1. The summed E-state index contributed by atoms with van der Waals surface area (Å²) in [7, 11) is 3.65. The van der Waals surface area contributed by atoms with Crippen LogP contribution in [0, 0.1) is 0 Å². The number of carboxylic acids is 1. The highest BCUT2D eigenvalue weighted by atomic mass is 16.5. The highest BCUT2D eigenvalue weighted by Crippen LogP contribution is 2.24. The van der Waals surface area contributed by atoms with E-state index >= 15 is 0 Å². The smallest absolute Gasteiger partial charge is 0.323 e. The Balaban J connectivity index is 1.98. The molecule has 3 aromatic rings. The summed E-state index contributed by atoms with van der Waals surface area (Å²) in [4.78, 5) is 29.8. The van der Waals surface area contributed by atoms with Crippen LogP contribution in [0.4, 0.5) is 5.95 Å². The summed E-state index contributed by atoms with van der Waals surface area (Å²) < 4.78 is 7.23. The summed E-state index contributed by atoms with van der Waals surface area (Å²) in [6, 6.07) is 9.64. The fraction of sp³-hybridized carbons (Fsp3) is 0.235. The molecule has 0 aliphatic heterocycles. The van der Waals surface area contributed by atoms with E-state index in [0.29, 0.717) is 17.8 Å². The van der Waals surface area contributed by atoms with Crippen LogP contribution < -0.4 is 4.74 Å². The van der Waals surface area contributed by atoms with Crippen molar-refractivity contribution >= 4 is 29.4 Å². The van der Waals surface area contributed by atoms with Crippen LogP contribution in [0.1, 0.15) is 5.56 Å². The first-order valence-corrected chi connectivity index (χ1v) is 7.85. The zero-order valence-corrected chi connectivity index (χ0v) is 14.4. The van der Waals surface area contributed by atoms with Crippen molar-refractivity contribution in [3.8, 4) is 5.88 Å². The number of fused-ring (bicyclic) bond motifs is 1. The largest absolute Gasteiger partial charge is 0.480 e. The Morgan fingerprint density at radius 1 is 1.31 bits per heavy atom. The number of rotatable bonds is 7. The van der Waals surface area contributed by atoms with E-state index in [9.17, 15) is 4.79 Å². The predicted octanol–water partition coefficient (Wildman–Crippen LogP) is 1.71. The number of imidazole rings is 1. The average Bonchev–Trinajstić information content (AvgIpc) is 3.01. The molecule has 0 amide bonds. The molecule has 0 saturated heterocycles. The molecule has 3 rings (SSSR count). The van der Waals surface area contributed by atoms with Gasteiger partial charge in [-0.1, -0.05) is 30.3 Å². The van der Waals surface area contributed by atoms with Crippen LogP contribution in [0.2, 0.25) is 0 Å². The number of aliphatic imine (C=N–C) groups is 1. The van der Waals surface area contributed by atoms with Gasteiger partial charge in [-0.2, -0.15) is 9.97 Å². The Labute approximate surface area is 149 Å². The number of hydrogen-bond donors (Lipinski definition) is 1. The summed E-state index contributed by atoms with van der Waals surface area (Å²) in [6.45, 7) is 0.0397. The molecule has 2 aromatic heterocycles. The second-order valence-electron chi connectivity index (χ2n) is 5.75. The molecule has 0 spiro atoms. The van der Waals surface area contributed by atoms with Crippen molar-refractivity contribution in [1.29, 1.82) is 0 Å². The van der Waals surface area contributed by atoms with E-state index < -0.39 is 5.97 Å². The highest BCUT2D eigenvalue weighted by Gasteiger charge is 2.16. The van der Waals surface area contributed by atoms with Crippen molar-refractivity contribution in [1.82, 2.24) is 24.4 Å². The molecule has 0 atom stereocenters. The highest BCUT2D eigenvalue weighted by molar-refractivity contribution is 5.79. The molecule has 9 heteroatoms. The van der Waals surface area contributed by atoms with Gasteiger partial charge in [0.1, 0.15) is 13.2 Å². The first kappa shape index (κ1) is 17.3. The third kappa shape index (κ3) is 4.12. The first-order valence-electron chi connectivity index (χ1n) is 7.85. The molecule has 0 aliphatic carbocycles. The summed E-state index contributed by atoms with van der Waals surface area (Å²) in [5.74, 6) is -0.566. The van der Waals surface area contributed by atoms with E-state index in [2.05, 4.69) is 19.9 Å². The van der Waals surface area contributed by atoms with Gasteiger partial charge in [0.25, 0.3) is 5.95 Å². The maximum Gasteiger partial charge on any atom is 0.323 e. The summed E-state index contributed by atoms with van der Waals surface area (Å²) in [5, 5.41) is 9.05. The molecule has 9 nitrogen and oxygen atoms in total. The molecule has 1 N–H and O–H groups in total. The van der Waals surface area contributed by atoms with Gasteiger partial charge in [0.2, 0.25) is 5.88 Å². The summed E-state index contributed by atoms with van der Waals surface area (Å²) in [5.41, 5.74) is 1.73. The number of ether oxygens (including phenoxy) is 1. The maximum absolute atomic E-state index is 11.0. The zero-order valence-electron chi connectivity index (χ0n) is 14.4. The molecular weight excluding hydrogens is 336 g/mol. The Morgan fingerprint density at radius 3 is 2.77 bits per heavy atom. The van der Waals surface area contributed by atoms with Gasteiger partial charge in [0.05, 0.1) is 12.7 Å². The molecule has 2 heterocycles. The number of benzene rings is 1. The van der Waals surface area contributed by atoms with E-state index in [1.54, 1.807) is 11.2 Å². The van der Waals surface area contributed by atoms with Gasteiger partial charge in [0, 0.05) is 14.1 Å². The second kappa shape index (κ2) is 7.60. The van der Waals surface area contributed by atoms with Gasteiger partial charge in [-0.05, 0) is 5.56 Å². The van der Waals surface area contributed by atoms with Crippen LogP contribution in [0.5, 0.6) is 5.88 Å². The van der Waals surface area contributed by atoms with Crippen molar-refractivity contribution in [2.45, 2.75) is 13.2 Å². The van der Waals surface area contributed by atoms with Crippen molar-refractivity contribution in [3.05, 3.63) is 42.2 Å². The van der Waals surface area contributed by atoms with Crippen molar-refractivity contribution < 1.29 is 14.6 Å². The molecule has 0 fully saturated rings. The third-order valence-electron chi connectivity index (χ3n) is 3.35. The fourth-order valence-electron chi connectivity index (χ4n) is 2.22. The lowest BCUT2D eigenvalue weighted by Crippen LogP contribution is -2.09. The van der Waals surface area contributed by atoms with Gasteiger partial charge in [-0.25, -0.2) is 9.98 Å². The quantitative estimate of drug-likeness (QED) is 0.508. The lowest BCUT2D eigenvalue weighted by Gasteiger charge is -2.08. The fourth-order valence-corrected chi connectivity index (χ4v) is 2.22. The number of hydrogen-bond acceptors (Lipinski definition) is 6. The topological polar surface area (TPSA) is 106 Å². The van der Waals surface area contributed by atoms with Crippen LogP contribution in [0.15, 0.2) is 41.7 Å². The molecular formula is C17H18N6O3. The van der Waals surface area contributed by atoms with Crippen LogP contribution in [0.3, 0.4) is 0 Å². The van der Waals surface area contributed by atoms with E-state index in [1.165, 1.54) is 10.9 Å². The minimum atomic E-state index is -0.993. The van der Waals surface area contributed by atoms with Crippen molar-refractivity contribution in [2.75, 3.05) is 14.1 Å². The van der Waals surface area contributed by atoms with Crippen LogP contribution in [0.25, 0.3) is 11.2 Å². The predicted molar refractivity (Wildman–Crippen MR) is 95.6 cm³/mol. The molecule has 0 bridgehead atoms. The Hall–Kier alpha value is -3.49. The first-order chi connectivity index (χ1) is 12.5. The monoisotopic (exact) mass is 354 g/mol. The van der Waals surface area contributed by atoms with Gasteiger partial charge in [0.15, 0.2) is 11.2 Å². The summed E-state index contributed by atoms with van der Waals surface area (Å²) in [6.07, 6.45) is 2.96. The third-order valence-corrected chi connectivity index (χ3v) is 3.35. The number of nitrogens with zero attached hydrogens (tertiary/aromatic N) is 6. The molecule has 0 unspecified atom stereocenters. The lowest BCUT2D eigenvalue weighted by molar-refractivity contribution is -0.137. The second-order valence-corrected chi connectivity index (χ2v) is 5.75. The summed E-state index contributed by atoms with van der Waals surface area (Å²) >= 11 is 0. The molecule has 0 radical (unpaired) electrons. The minimum absolute atomic E-state index is 0.168. The number of aromatic nitrogens is 4. The lowest BCUT2D eigenvalue weighted by atomic mass is 10.2. The number of aliphatic carboxylic acids is 1. The standard InChI is InChI=1S/C17H18N6O3/c1-22(2)10-19-17-20-15-14(18-11-23(15)8-13(24)25)16(21-17)26-9-12-6-4-3-5-7-12/h3-7,10-11H,8-9H2,1-2H3,(H,24,25). The Kier molecular flexibility index (Phi) is 5.07. The van der Waals surface area contributed by atoms with Gasteiger partial charge in [-0.15, -0.1) is 0 Å². The molecule has 0 saturated carbocycles. The van der Waals surface area contributed by atoms with Crippen molar-refractivity contribution in [2.24, 2.45) is 4.99 Å². The Bertz CT molecular complexity index is 936. The molecule has 134 valence electrons. The number of carboxylic acid groups (broad SMARTS) is 1. The van der Waals surface area contributed by atoms with Crippen LogP contribution in [-0.4, -0.2) is 55.9 Å². The zero-order chi connectivity index (χ0) is 18.5. The average molecular weight is 354 g/mol. The van der Waals surface area contributed by atoms with Crippen LogP contribution >= 0.6 is 0 Å². The molecule has 1 aromatic carbocycles. The molecule has 26 heavy (non-hydrogen) atoms. The van der Waals surface area contributed by atoms with E-state index in [0.717, 1.165) is 5.56 Å². The van der Waals surface area contributed by atoms with E-state index in [4.69, 9.17) is 9.84 Å². The van der Waals surface area contributed by atoms with E-state index in [1.807, 2.05) is 44.4 Å². The molecule has 0 aliphatic rings. The van der Waals surface area contributed by atoms with Crippen molar-refractivity contribution in [3.63, 3.8) is 0 Å². The normalized spacial score (nSPS) is 11.2. The van der Waals surface area contributed by atoms with Crippen LogP contribution in [-0.2, 0) is 17.9 Å². The number of carbonyl (C=O) groups is 1. The van der Waals surface area contributed by atoms with E-state index in [-0.39, 0.29) is 18.4 Å².